The Kier molecular flexibility index (Phi) is 4.69. The smallest absolute Gasteiger partial charge is 0.244 e. The van der Waals surface area contributed by atoms with E-state index in [2.05, 4.69) is 62.6 Å². The highest BCUT2D eigenvalue weighted by Crippen LogP contribution is 2.66. The summed E-state index contributed by atoms with van der Waals surface area (Å²) in [5.41, 5.74) is 3.47. The van der Waals surface area contributed by atoms with Crippen molar-refractivity contribution in [2.45, 2.75) is 32.6 Å². The summed E-state index contributed by atoms with van der Waals surface area (Å²) >= 11 is 4.27. The minimum absolute atomic E-state index is 0.0189. The fourth-order valence-corrected chi connectivity index (χ4v) is 5.66. The molecule has 118 valence electrons. The van der Waals surface area contributed by atoms with Gasteiger partial charge in [0.2, 0.25) is 5.91 Å². The van der Waals surface area contributed by atoms with Gasteiger partial charge in [-0.05, 0) is 81.5 Å². The molecular formula is C16H18I2N2O2. The number of hydrogen-bond donors (Lipinski definition) is 2. The summed E-state index contributed by atoms with van der Waals surface area (Å²) in [6, 6.07) is 3.73. The van der Waals surface area contributed by atoms with Crippen LogP contribution in [0.25, 0.3) is 0 Å². The predicted molar refractivity (Wildman–Crippen MR) is 103 cm³/mol. The number of benzene rings is 1. The highest BCUT2D eigenvalue weighted by Gasteiger charge is 2.64. The molecule has 0 unspecified atom stereocenters. The van der Waals surface area contributed by atoms with Crippen molar-refractivity contribution in [2.24, 2.45) is 22.4 Å². The number of halogens is 2. The van der Waals surface area contributed by atoms with Crippen LogP contribution < -0.4 is 5.43 Å². The normalized spacial score (nSPS) is 30.1. The van der Waals surface area contributed by atoms with E-state index < -0.39 is 0 Å². The predicted octanol–water partition coefficient (Wildman–Crippen LogP) is 3.88. The van der Waals surface area contributed by atoms with Crippen LogP contribution in [0.3, 0.4) is 0 Å². The van der Waals surface area contributed by atoms with Gasteiger partial charge in [-0.2, -0.15) is 5.10 Å². The lowest BCUT2D eigenvalue weighted by molar-refractivity contribution is -0.123. The van der Waals surface area contributed by atoms with Gasteiger partial charge in [-0.3, -0.25) is 4.79 Å². The van der Waals surface area contributed by atoms with E-state index in [-0.39, 0.29) is 23.0 Å². The van der Waals surface area contributed by atoms with E-state index in [4.69, 9.17) is 0 Å². The molecule has 2 N–H and O–H groups in total. The lowest BCUT2D eigenvalue weighted by Gasteiger charge is -2.15. The molecule has 2 aliphatic rings. The molecule has 2 aliphatic carbocycles. The van der Waals surface area contributed by atoms with Gasteiger partial charge in [-0.1, -0.05) is 19.8 Å². The van der Waals surface area contributed by atoms with E-state index in [0.717, 1.165) is 20.0 Å². The van der Waals surface area contributed by atoms with Gasteiger partial charge in [0, 0.05) is 15.1 Å². The maximum atomic E-state index is 12.3. The molecule has 0 aromatic heterocycles. The molecule has 0 aliphatic heterocycles. The van der Waals surface area contributed by atoms with E-state index in [1.807, 2.05) is 12.1 Å². The number of hydrazone groups is 1. The minimum atomic E-state index is 0.0189. The molecule has 0 bridgehead atoms. The Morgan fingerprint density at radius 1 is 1.45 bits per heavy atom. The van der Waals surface area contributed by atoms with Crippen LogP contribution in [0.4, 0.5) is 0 Å². The molecule has 0 spiro atoms. The first-order valence-corrected chi connectivity index (χ1v) is 9.60. The average Bonchev–Trinajstić information content (AvgIpc) is 3.09. The molecule has 0 radical (unpaired) electrons. The first-order chi connectivity index (χ1) is 10.4. The summed E-state index contributed by atoms with van der Waals surface area (Å²) in [5, 5.41) is 14.0. The second-order valence-corrected chi connectivity index (χ2v) is 8.80. The quantitative estimate of drug-likeness (QED) is 0.359. The molecule has 6 heteroatoms. The van der Waals surface area contributed by atoms with Crippen molar-refractivity contribution in [3.8, 4) is 5.75 Å². The van der Waals surface area contributed by atoms with Gasteiger partial charge in [0.05, 0.1) is 9.78 Å². The first-order valence-electron chi connectivity index (χ1n) is 7.44. The molecule has 3 atom stereocenters. The zero-order valence-electron chi connectivity index (χ0n) is 12.3. The van der Waals surface area contributed by atoms with Crippen molar-refractivity contribution >= 4 is 57.3 Å². The number of aromatic hydroxyl groups is 1. The largest absolute Gasteiger partial charge is 0.506 e. The number of phenolic OH excluding ortho intramolecular Hbond substituents is 1. The molecule has 3 rings (SSSR count). The monoisotopic (exact) mass is 524 g/mol. The molecule has 0 heterocycles. The number of phenols is 1. The maximum absolute atomic E-state index is 12.3. The SMILES string of the molecule is C[C@]12CCCC[C@H]1[C@@H]2C(=O)N/N=C\c1cc(I)cc(I)c1O. The molecule has 1 amide bonds. The van der Waals surface area contributed by atoms with Crippen LogP contribution in [0.15, 0.2) is 17.2 Å². The Bertz CT molecular complexity index is 647. The van der Waals surface area contributed by atoms with Crippen molar-refractivity contribution in [2.75, 3.05) is 0 Å². The Hall–Kier alpha value is -0.380. The minimum Gasteiger partial charge on any atom is -0.506 e. The average molecular weight is 524 g/mol. The number of fused-ring (bicyclic) bond motifs is 1. The number of amides is 1. The van der Waals surface area contributed by atoms with Gasteiger partial charge in [0.25, 0.3) is 0 Å². The van der Waals surface area contributed by atoms with E-state index in [1.165, 1.54) is 19.1 Å². The van der Waals surface area contributed by atoms with E-state index in [1.54, 1.807) is 0 Å². The molecule has 1 aromatic carbocycles. The van der Waals surface area contributed by atoms with Crippen molar-refractivity contribution in [1.82, 2.24) is 5.43 Å². The Balaban J connectivity index is 1.65. The van der Waals surface area contributed by atoms with Gasteiger partial charge in [-0.15, -0.1) is 0 Å². The number of nitrogens with one attached hydrogen (secondary N) is 1. The number of carbonyl (C=O) groups excluding carboxylic acids is 1. The van der Waals surface area contributed by atoms with Crippen LogP contribution in [-0.4, -0.2) is 17.2 Å². The van der Waals surface area contributed by atoms with Gasteiger partial charge in [0.1, 0.15) is 5.75 Å². The molecule has 2 fully saturated rings. The lowest BCUT2D eigenvalue weighted by atomic mass is 9.90. The lowest BCUT2D eigenvalue weighted by Crippen LogP contribution is -2.22. The fraction of sp³-hybridized carbons (Fsp3) is 0.500. The van der Waals surface area contributed by atoms with Crippen molar-refractivity contribution < 1.29 is 9.90 Å². The third-order valence-corrected chi connectivity index (χ3v) is 6.49. The summed E-state index contributed by atoms with van der Waals surface area (Å²) in [6.45, 7) is 2.22. The molecule has 0 saturated heterocycles. The van der Waals surface area contributed by atoms with Gasteiger partial charge in [-0.25, -0.2) is 5.43 Å². The highest BCUT2D eigenvalue weighted by molar-refractivity contribution is 14.1. The zero-order valence-corrected chi connectivity index (χ0v) is 16.6. The summed E-state index contributed by atoms with van der Waals surface area (Å²) in [5.74, 6) is 0.858. The van der Waals surface area contributed by atoms with Crippen LogP contribution in [0, 0.1) is 24.4 Å². The second kappa shape index (κ2) is 6.26. The Labute approximate surface area is 157 Å². The van der Waals surface area contributed by atoms with Crippen LogP contribution >= 0.6 is 45.2 Å². The van der Waals surface area contributed by atoms with Crippen LogP contribution in [0.2, 0.25) is 0 Å². The van der Waals surface area contributed by atoms with E-state index in [9.17, 15) is 9.90 Å². The van der Waals surface area contributed by atoms with Gasteiger partial charge < -0.3 is 5.11 Å². The van der Waals surface area contributed by atoms with Crippen LogP contribution in [0.5, 0.6) is 5.75 Å². The number of nitrogens with zero attached hydrogens (tertiary/aromatic N) is 1. The standard InChI is InChI=1S/C16H18I2N2O2/c1-16-5-3-2-4-11(16)13(16)15(22)20-19-8-9-6-10(17)7-12(18)14(9)21/h6-8,11,13,21H,2-5H2,1H3,(H,20,22)/b19-8-/t11-,13+,16-/m0/s1. The van der Waals surface area contributed by atoms with Crippen LogP contribution in [0.1, 0.15) is 38.2 Å². The van der Waals surface area contributed by atoms with Crippen LogP contribution in [-0.2, 0) is 4.79 Å². The Morgan fingerprint density at radius 3 is 2.91 bits per heavy atom. The van der Waals surface area contributed by atoms with Crippen molar-refractivity contribution in [1.29, 1.82) is 0 Å². The summed E-state index contributed by atoms with van der Waals surface area (Å²) in [7, 11) is 0. The fourth-order valence-electron chi connectivity index (χ4n) is 3.77. The summed E-state index contributed by atoms with van der Waals surface area (Å²) < 4.78 is 1.80. The van der Waals surface area contributed by atoms with E-state index >= 15 is 0 Å². The van der Waals surface area contributed by atoms with Gasteiger partial charge >= 0.3 is 0 Å². The zero-order chi connectivity index (χ0) is 15.9. The molecule has 2 saturated carbocycles. The number of rotatable bonds is 3. The van der Waals surface area contributed by atoms with Gasteiger partial charge in [0.15, 0.2) is 0 Å². The molecular weight excluding hydrogens is 506 g/mol. The number of carbonyl (C=O) groups is 1. The summed E-state index contributed by atoms with van der Waals surface area (Å²) in [6.07, 6.45) is 6.30. The van der Waals surface area contributed by atoms with Crippen molar-refractivity contribution in [3.05, 3.63) is 24.8 Å². The first kappa shape index (κ1) is 16.5. The maximum Gasteiger partial charge on any atom is 0.244 e. The number of hydrogen-bond acceptors (Lipinski definition) is 3. The summed E-state index contributed by atoms with van der Waals surface area (Å²) in [4.78, 5) is 12.3. The Morgan fingerprint density at radius 2 is 2.23 bits per heavy atom. The topological polar surface area (TPSA) is 61.7 Å². The third kappa shape index (κ3) is 3.00. The van der Waals surface area contributed by atoms with E-state index in [0.29, 0.717) is 11.5 Å². The third-order valence-electron chi connectivity index (χ3n) is 5.05. The molecule has 4 nitrogen and oxygen atoms in total. The molecule has 22 heavy (non-hydrogen) atoms. The van der Waals surface area contributed by atoms with Crippen molar-refractivity contribution in [3.63, 3.8) is 0 Å². The molecule has 1 aromatic rings. The second-order valence-electron chi connectivity index (χ2n) is 6.40. The highest BCUT2D eigenvalue weighted by atomic mass is 127.